The Bertz CT molecular complexity index is 470. The Morgan fingerprint density at radius 1 is 1.29 bits per heavy atom. The van der Waals surface area contributed by atoms with Gasteiger partial charge in [0, 0.05) is 13.1 Å². The highest BCUT2D eigenvalue weighted by molar-refractivity contribution is 9.10. The van der Waals surface area contributed by atoms with Crippen LogP contribution in [-0.4, -0.2) is 20.3 Å². The topological polar surface area (TPSA) is 30.5 Å². The summed E-state index contributed by atoms with van der Waals surface area (Å²) in [7, 11) is 1.68. The van der Waals surface area contributed by atoms with E-state index in [9.17, 15) is 0 Å². The molecule has 0 spiro atoms. The fourth-order valence-electron chi connectivity index (χ4n) is 3.07. The predicted octanol–water partition coefficient (Wildman–Crippen LogP) is 4.53. The molecule has 1 aliphatic rings. The highest BCUT2D eigenvalue weighted by Crippen LogP contribution is 2.38. The maximum atomic E-state index is 5.62. The van der Waals surface area contributed by atoms with Crippen molar-refractivity contribution in [3.05, 3.63) is 22.2 Å². The first-order chi connectivity index (χ1) is 10.1. The maximum absolute atomic E-state index is 5.62. The molecule has 21 heavy (non-hydrogen) atoms. The molecule has 1 fully saturated rings. The number of methoxy groups -OCH3 is 1. The van der Waals surface area contributed by atoms with Gasteiger partial charge in [0.2, 0.25) is 0 Å². The van der Waals surface area contributed by atoms with E-state index in [0.29, 0.717) is 12.0 Å². The molecule has 0 atom stereocenters. The number of hydrogen-bond acceptors (Lipinski definition) is 3. The van der Waals surface area contributed by atoms with E-state index >= 15 is 0 Å². The van der Waals surface area contributed by atoms with Crippen molar-refractivity contribution >= 4 is 15.9 Å². The summed E-state index contributed by atoms with van der Waals surface area (Å²) < 4.78 is 12.0. The Balaban J connectivity index is 1.98. The van der Waals surface area contributed by atoms with Crippen molar-refractivity contribution in [2.75, 3.05) is 20.3 Å². The second kappa shape index (κ2) is 7.50. The zero-order valence-corrected chi connectivity index (χ0v) is 14.9. The smallest absolute Gasteiger partial charge is 0.175 e. The Kier molecular flexibility index (Phi) is 5.94. The van der Waals surface area contributed by atoms with E-state index in [2.05, 4.69) is 40.3 Å². The average Bonchev–Trinajstić information content (AvgIpc) is 2.88. The van der Waals surface area contributed by atoms with E-state index in [1.807, 2.05) is 6.92 Å². The Morgan fingerprint density at radius 3 is 2.62 bits per heavy atom. The van der Waals surface area contributed by atoms with Gasteiger partial charge in [0.1, 0.15) is 0 Å². The summed E-state index contributed by atoms with van der Waals surface area (Å²) in [5.41, 5.74) is 1.69. The van der Waals surface area contributed by atoms with Gasteiger partial charge in [-0.25, -0.2) is 0 Å². The lowest BCUT2D eigenvalue weighted by Crippen LogP contribution is -2.29. The minimum absolute atomic E-state index is 0.479. The summed E-state index contributed by atoms with van der Waals surface area (Å²) in [6.45, 7) is 6.94. The summed E-state index contributed by atoms with van der Waals surface area (Å²) in [5.74, 6) is 1.57. The number of halogens is 1. The van der Waals surface area contributed by atoms with Gasteiger partial charge in [-0.15, -0.1) is 0 Å². The standard InChI is InChI=1S/C17H26BrNO2/c1-4-21-16-14(18)9-13(10-15(16)20-3)11-19-12-17(2)7-5-6-8-17/h9-10,19H,4-8,11-12H2,1-3H3. The summed E-state index contributed by atoms with van der Waals surface area (Å²) in [6.07, 6.45) is 5.44. The van der Waals surface area contributed by atoms with Gasteiger partial charge in [-0.1, -0.05) is 19.8 Å². The first-order valence-corrected chi connectivity index (χ1v) is 8.57. The van der Waals surface area contributed by atoms with Gasteiger partial charge in [-0.05, 0) is 58.8 Å². The molecule has 1 aromatic rings. The molecule has 0 heterocycles. The second-order valence-electron chi connectivity index (χ2n) is 6.16. The Morgan fingerprint density at radius 2 is 2.00 bits per heavy atom. The van der Waals surface area contributed by atoms with Crippen molar-refractivity contribution in [1.82, 2.24) is 5.32 Å². The number of nitrogens with one attached hydrogen (secondary N) is 1. The Hall–Kier alpha value is -0.740. The largest absolute Gasteiger partial charge is 0.493 e. The van der Waals surface area contributed by atoms with Crippen LogP contribution in [0, 0.1) is 5.41 Å². The summed E-state index contributed by atoms with van der Waals surface area (Å²) >= 11 is 3.58. The van der Waals surface area contributed by atoms with Gasteiger partial charge >= 0.3 is 0 Å². The summed E-state index contributed by atoms with van der Waals surface area (Å²) in [5, 5.41) is 3.60. The lowest BCUT2D eigenvalue weighted by Gasteiger charge is -2.24. The summed E-state index contributed by atoms with van der Waals surface area (Å²) in [6, 6.07) is 4.16. The molecule has 118 valence electrons. The zero-order chi connectivity index (χ0) is 15.3. The van der Waals surface area contributed by atoms with Crippen molar-refractivity contribution in [3.8, 4) is 11.5 Å². The molecule has 0 radical (unpaired) electrons. The molecule has 4 heteroatoms. The molecule has 1 N–H and O–H groups in total. The number of hydrogen-bond donors (Lipinski definition) is 1. The molecule has 1 aromatic carbocycles. The van der Waals surface area contributed by atoms with Crippen molar-refractivity contribution in [2.24, 2.45) is 5.41 Å². The normalized spacial score (nSPS) is 17.0. The van der Waals surface area contributed by atoms with Crippen LogP contribution in [0.4, 0.5) is 0 Å². The van der Waals surface area contributed by atoms with Crippen LogP contribution in [0.15, 0.2) is 16.6 Å². The average molecular weight is 356 g/mol. The first-order valence-electron chi connectivity index (χ1n) is 7.78. The van der Waals surface area contributed by atoms with Crippen LogP contribution in [0.3, 0.4) is 0 Å². The quantitative estimate of drug-likeness (QED) is 0.779. The predicted molar refractivity (Wildman–Crippen MR) is 90.1 cm³/mol. The van der Waals surface area contributed by atoms with Gasteiger partial charge in [-0.3, -0.25) is 0 Å². The molecule has 1 aliphatic carbocycles. The van der Waals surface area contributed by atoms with E-state index in [1.54, 1.807) is 7.11 Å². The lowest BCUT2D eigenvalue weighted by atomic mass is 9.89. The van der Waals surface area contributed by atoms with Gasteiger partial charge in [0.15, 0.2) is 11.5 Å². The lowest BCUT2D eigenvalue weighted by molar-refractivity contribution is 0.307. The molecule has 3 nitrogen and oxygen atoms in total. The van der Waals surface area contributed by atoms with E-state index < -0.39 is 0 Å². The van der Waals surface area contributed by atoms with Crippen molar-refractivity contribution in [1.29, 1.82) is 0 Å². The fraction of sp³-hybridized carbons (Fsp3) is 0.647. The van der Waals surface area contributed by atoms with Crippen LogP contribution >= 0.6 is 15.9 Å². The van der Waals surface area contributed by atoms with Gasteiger partial charge in [-0.2, -0.15) is 0 Å². The molecule has 0 unspecified atom stereocenters. The molecule has 0 aliphatic heterocycles. The van der Waals surface area contributed by atoms with E-state index in [4.69, 9.17) is 9.47 Å². The first kappa shape index (κ1) is 16.6. The third kappa shape index (κ3) is 4.36. The molecule has 0 bridgehead atoms. The fourth-order valence-corrected chi connectivity index (χ4v) is 3.68. The SMILES string of the molecule is CCOc1c(Br)cc(CNCC2(C)CCCC2)cc1OC. The van der Waals surface area contributed by atoms with Gasteiger partial charge in [0.25, 0.3) is 0 Å². The molecular formula is C17H26BrNO2. The molecule has 0 aromatic heterocycles. The van der Waals surface area contributed by atoms with Crippen LogP contribution in [0.1, 0.15) is 45.1 Å². The summed E-state index contributed by atoms with van der Waals surface area (Å²) in [4.78, 5) is 0. The van der Waals surface area contributed by atoms with Crippen molar-refractivity contribution < 1.29 is 9.47 Å². The van der Waals surface area contributed by atoms with Crippen molar-refractivity contribution in [2.45, 2.75) is 46.1 Å². The van der Waals surface area contributed by atoms with Crippen LogP contribution < -0.4 is 14.8 Å². The van der Waals surface area contributed by atoms with Gasteiger partial charge < -0.3 is 14.8 Å². The van der Waals surface area contributed by atoms with Crippen LogP contribution in [0.25, 0.3) is 0 Å². The minimum Gasteiger partial charge on any atom is -0.493 e. The maximum Gasteiger partial charge on any atom is 0.175 e. The number of ether oxygens (including phenoxy) is 2. The van der Waals surface area contributed by atoms with E-state index in [1.165, 1.54) is 31.2 Å². The van der Waals surface area contributed by atoms with Crippen LogP contribution in [0.5, 0.6) is 11.5 Å². The van der Waals surface area contributed by atoms with Crippen molar-refractivity contribution in [3.63, 3.8) is 0 Å². The van der Waals surface area contributed by atoms with E-state index in [0.717, 1.165) is 29.1 Å². The molecule has 2 rings (SSSR count). The third-order valence-corrected chi connectivity index (χ3v) is 4.86. The molecular weight excluding hydrogens is 330 g/mol. The third-order valence-electron chi connectivity index (χ3n) is 4.27. The highest BCUT2D eigenvalue weighted by atomic mass is 79.9. The van der Waals surface area contributed by atoms with Gasteiger partial charge in [0.05, 0.1) is 18.2 Å². The monoisotopic (exact) mass is 355 g/mol. The second-order valence-corrected chi connectivity index (χ2v) is 7.02. The molecule has 1 saturated carbocycles. The zero-order valence-electron chi connectivity index (χ0n) is 13.3. The Labute approximate surface area is 136 Å². The van der Waals surface area contributed by atoms with Crippen LogP contribution in [0.2, 0.25) is 0 Å². The number of benzene rings is 1. The molecule has 0 amide bonds. The molecule has 0 saturated heterocycles. The highest BCUT2D eigenvalue weighted by Gasteiger charge is 2.27. The number of rotatable bonds is 7. The van der Waals surface area contributed by atoms with Crippen LogP contribution in [-0.2, 0) is 6.54 Å². The van der Waals surface area contributed by atoms with E-state index in [-0.39, 0.29) is 0 Å². The minimum atomic E-state index is 0.479.